The van der Waals surface area contributed by atoms with E-state index in [4.69, 9.17) is 0 Å². The molecule has 0 radical (unpaired) electrons. The summed E-state index contributed by atoms with van der Waals surface area (Å²) in [6.07, 6.45) is -6.42. The van der Waals surface area contributed by atoms with Crippen LogP contribution >= 0.6 is 0 Å². The highest BCUT2D eigenvalue weighted by Crippen LogP contribution is 2.28. The first-order valence-electron chi connectivity index (χ1n) is 6.13. The summed E-state index contributed by atoms with van der Waals surface area (Å²) in [5.74, 6) is -0.813. The average molecular weight is 274 g/mol. The van der Waals surface area contributed by atoms with Crippen LogP contribution in [0, 0.1) is 5.92 Å². The van der Waals surface area contributed by atoms with Crippen molar-refractivity contribution in [3.05, 3.63) is 35.9 Å². The fraction of sp³-hybridized carbons (Fsp3) is 0.500. The van der Waals surface area contributed by atoms with E-state index in [9.17, 15) is 18.0 Å². The third-order valence-electron chi connectivity index (χ3n) is 2.63. The van der Waals surface area contributed by atoms with Gasteiger partial charge in [-0.3, -0.25) is 0 Å². The number of alkyl halides is 3. The fourth-order valence-electron chi connectivity index (χ4n) is 1.55. The molecule has 0 bridgehead atoms. The van der Waals surface area contributed by atoms with E-state index in [-0.39, 0.29) is 17.9 Å². The molecule has 0 heterocycles. The molecule has 0 amide bonds. The molecular formula is C14H17F3O2. The maximum absolute atomic E-state index is 12.8. The zero-order valence-electron chi connectivity index (χ0n) is 10.9. The third kappa shape index (κ3) is 5.32. The van der Waals surface area contributed by atoms with Crippen LogP contribution in [0.15, 0.2) is 30.3 Å². The van der Waals surface area contributed by atoms with Crippen LogP contribution in [0.5, 0.6) is 0 Å². The second-order valence-corrected chi connectivity index (χ2v) is 4.77. The van der Waals surface area contributed by atoms with Crippen molar-refractivity contribution >= 4 is 5.97 Å². The van der Waals surface area contributed by atoms with Crippen molar-refractivity contribution in [2.45, 2.75) is 39.0 Å². The Labute approximate surface area is 110 Å². The van der Waals surface area contributed by atoms with Crippen molar-refractivity contribution in [2.75, 3.05) is 0 Å². The van der Waals surface area contributed by atoms with Gasteiger partial charge in [-0.2, -0.15) is 13.2 Å². The lowest BCUT2D eigenvalue weighted by Gasteiger charge is -2.21. The minimum Gasteiger partial charge on any atom is -0.449 e. The lowest BCUT2D eigenvalue weighted by atomic mass is 10.0. The van der Waals surface area contributed by atoms with Crippen LogP contribution in [0.2, 0.25) is 0 Å². The molecule has 1 atom stereocenters. The molecule has 0 saturated carbocycles. The first-order valence-corrected chi connectivity index (χ1v) is 6.13. The minimum atomic E-state index is -4.53. The van der Waals surface area contributed by atoms with Crippen molar-refractivity contribution < 1.29 is 22.7 Å². The molecular weight excluding hydrogens is 257 g/mol. The second kappa shape index (κ2) is 6.59. The van der Waals surface area contributed by atoms with Crippen LogP contribution in [0.1, 0.15) is 37.0 Å². The van der Waals surface area contributed by atoms with Crippen molar-refractivity contribution in [3.63, 3.8) is 0 Å². The van der Waals surface area contributed by atoms with Gasteiger partial charge in [-0.25, -0.2) is 4.79 Å². The van der Waals surface area contributed by atoms with Crippen LogP contribution in [0.3, 0.4) is 0 Å². The predicted octanol–water partition coefficient (Wildman–Crippen LogP) is 4.21. The molecule has 0 aliphatic rings. The lowest BCUT2D eigenvalue weighted by molar-refractivity contribution is -0.206. The van der Waals surface area contributed by atoms with Crippen molar-refractivity contribution in [2.24, 2.45) is 5.92 Å². The second-order valence-electron chi connectivity index (χ2n) is 4.77. The maximum atomic E-state index is 12.8. The van der Waals surface area contributed by atoms with Gasteiger partial charge in [0, 0.05) is 0 Å². The van der Waals surface area contributed by atoms with Crippen LogP contribution < -0.4 is 0 Å². The Kier molecular flexibility index (Phi) is 5.39. The molecule has 1 unspecified atom stereocenters. The van der Waals surface area contributed by atoms with E-state index in [2.05, 4.69) is 4.74 Å². The molecule has 19 heavy (non-hydrogen) atoms. The van der Waals surface area contributed by atoms with Crippen LogP contribution in [0.25, 0.3) is 0 Å². The van der Waals surface area contributed by atoms with Gasteiger partial charge in [-0.05, 0) is 30.9 Å². The van der Waals surface area contributed by atoms with E-state index in [1.807, 2.05) is 13.8 Å². The largest absolute Gasteiger partial charge is 0.449 e. The fourth-order valence-corrected chi connectivity index (χ4v) is 1.55. The molecule has 0 aliphatic heterocycles. The van der Waals surface area contributed by atoms with Gasteiger partial charge in [-0.1, -0.05) is 32.0 Å². The number of hydrogen-bond donors (Lipinski definition) is 0. The number of carbonyl (C=O) groups is 1. The van der Waals surface area contributed by atoms with Crippen molar-refractivity contribution in [1.29, 1.82) is 0 Å². The quantitative estimate of drug-likeness (QED) is 0.752. The van der Waals surface area contributed by atoms with Gasteiger partial charge in [0.25, 0.3) is 0 Å². The first-order chi connectivity index (χ1) is 8.80. The highest BCUT2D eigenvalue weighted by Gasteiger charge is 2.42. The molecule has 0 aliphatic carbocycles. The lowest BCUT2D eigenvalue weighted by Crippen LogP contribution is -2.34. The zero-order valence-corrected chi connectivity index (χ0v) is 10.9. The van der Waals surface area contributed by atoms with Gasteiger partial charge in [-0.15, -0.1) is 0 Å². The minimum absolute atomic E-state index is 0.125. The van der Waals surface area contributed by atoms with Gasteiger partial charge in [0.2, 0.25) is 0 Å². The number of carbonyl (C=O) groups excluding carboxylic acids is 1. The Morgan fingerprint density at radius 1 is 1.16 bits per heavy atom. The predicted molar refractivity (Wildman–Crippen MR) is 65.8 cm³/mol. The summed E-state index contributed by atoms with van der Waals surface area (Å²) >= 11 is 0. The van der Waals surface area contributed by atoms with Gasteiger partial charge in [0.15, 0.2) is 6.10 Å². The summed E-state index contributed by atoms with van der Waals surface area (Å²) in [6.45, 7) is 3.65. The van der Waals surface area contributed by atoms with Crippen molar-refractivity contribution in [1.82, 2.24) is 0 Å². The number of esters is 1. The van der Waals surface area contributed by atoms with E-state index >= 15 is 0 Å². The Hall–Kier alpha value is -1.52. The van der Waals surface area contributed by atoms with E-state index < -0.39 is 18.2 Å². The van der Waals surface area contributed by atoms with E-state index in [0.29, 0.717) is 6.42 Å². The molecule has 0 saturated heterocycles. The molecule has 5 heteroatoms. The highest BCUT2D eigenvalue weighted by molar-refractivity contribution is 5.89. The van der Waals surface area contributed by atoms with Gasteiger partial charge < -0.3 is 4.74 Å². The van der Waals surface area contributed by atoms with Gasteiger partial charge >= 0.3 is 12.1 Å². The number of rotatable bonds is 5. The molecule has 0 fully saturated rings. The number of benzene rings is 1. The molecule has 1 aromatic carbocycles. The van der Waals surface area contributed by atoms with E-state index in [1.54, 1.807) is 18.2 Å². The maximum Gasteiger partial charge on any atom is 0.425 e. The van der Waals surface area contributed by atoms with Crippen molar-refractivity contribution in [3.8, 4) is 0 Å². The van der Waals surface area contributed by atoms with Crippen LogP contribution in [0.4, 0.5) is 13.2 Å². The van der Waals surface area contributed by atoms with Gasteiger partial charge in [0.1, 0.15) is 0 Å². The van der Waals surface area contributed by atoms with Crippen LogP contribution in [-0.4, -0.2) is 18.2 Å². The summed E-state index contributed by atoms with van der Waals surface area (Å²) in [5, 5.41) is 0. The summed E-state index contributed by atoms with van der Waals surface area (Å²) in [7, 11) is 0. The SMILES string of the molecule is CC(C)CCC(OC(=O)c1ccccc1)C(F)(F)F. The molecule has 2 nitrogen and oxygen atoms in total. The molecule has 1 rings (SSSR count). The molecule has 1 aromatic rings. The average Bonchev–Trinajstić information content (AvgIpc) is 2.33. The summed E-state index contributed by atoms with van der Waals surface area (Å²) in [5.41, 5.74) is 0.126. The standard InChI is InChI=1S/C14H17F3O2/c1-10(2)8-9-12(14(15,16)17)19-13(18)11-6-4-3-5-7-11/h3-7,10,12H,8-9H2,1-2H3. The summed E-state index contributed by atoms with van der Waals surface area (Å²) < 4.78 is 42.9. The number of hydrogen-bond acceptors (Lipinski definition) is 2. The summed E-state index contributed by atoms with van der Waals surface area (Å²) in [6, 6.07) is 7.69. The zero-order chi connectivity index (χ0) is 14.5. The third-order valence-corrected chi connectivity index (χ3v) is 2.63. The topological polar surface area (TPSA) is 26.3 Å². The first kappa shape index (κ1) is 15.5. The summed E-state index contributed by atoms with van der Waals surface area (Å²) in [4.78, 5) is 11.6. The highest BCUT2D eigenvalue weighted by atomic mass is 19.4. The Bertz CT molecular complexity index is 399. The van der Waals surface area contributed by atoms with E-state index in [0.717, 1.165) is 0 Å². The monoisotopic (exact) mass is 274 g/mol. The Morgan fingerprint density at radius 2 is 1.74 bits per heavy atom. The normalized spacial score (nSPS) is 13.4. The Morgan fingerprint density at radius 3 is 2.21 bits per heavy atom. The Balaban J connectivity index is 2.70. The molecule has 106 valence electrons. The van der Waals surface area contributed by atoms with Gasteiger partial charge in [0.05, 0.1) is 5.56 Å². The number of halogens is 3. The van der Waals surface area contributed by atoms with E-state index in [1.165, 1.54) is 12.1 Å². The smallest absolute Gasteiger partial charge is 0.425 e. The molecule has 0 N–H and O–H groups in total. The molecule has 0 aromatic heterocycles. The molecule has 0 spiro atoms. The number of ether oxygens (including phenoxy) is 1. The van der Waals surface area contributed by atoms with Crippen LogP contribution in [-0.2, 0) is 4.74 Å².